The fraction of sp³-hybridized carbons (Fsp3) is 0.600. The minimum atomic E-state index is -0.398. The number of halogens is 1. The average molecular weight is 397 g/mol. The van der Waals surface area contributed by atoms with E-state index >= 15 is 0 Å². The maximum atomic E-state index is 12.2. The van der Waals surface area contributed by atoms with Crippen molar-refractivity contribution in [2.24, 2.45) is 5.41 Å². The zero-order valence-corrected chi connectivity index (χ0v) is 17.5. The molecule has 0 bridgehead atoms. The van der Waals surface area contributed by atoms with Gasteiger partial charge >= 0.3 is 0 Å². The Morgan fingerprint density at radius 2 is 1.70 bits per heavy atom. The smallest absolute Gasteiger partial charge is 0.251 e. The van der Waals surface area contributed by atoms with E-state index in [1.807, 2.05) is 45.0 Å². The number of carbonyl (C=O) groups excluding carboxylic acids is 2. The summed E-state index contributed by atoms with van der Waals surface area (Å²) < 4.78 is 0. The first-order valence-electron chi connectivity index (χ1n) is 9.45. The first-order chi connectivity index (χ1) is 12.4. The third-order valence-electron chi connectivity index (χ3n) is 4.50. The minimum absolute atomic E-state index is 0. The summed E-state index contributed by atoms with van der Waals surface area (Å²) >= 11 is 0. The Hall–Kier alpha value is -1.63. The van der Waals surface area contributed by atoms with Crippen molar-refractivity contribution in [3.63, 3.8) is 0 Å². The van der Waals surface area contributed by atoms with Crippen LogP contribution in [0.4, 0.5) is 0 Å². The summed E-state index contributed by atoms with van der Waals surface area (Å²) in [4.78, 5) is 26.5. The summed E-state index contributed by atoms with van der Waals surface area (Å²) in [7, 11) is 0. The van der Waals surface area contributed by atoms with Crippen molar-refractivity contribution in [1.29, 1.82) is 0 Å². The van der Waals surface area contributed by atoms with Crippen LogP contribution in [0.1, 0.15) is 43.1 Å². The van der Waals surface area contributed by atoms with Crippen LogP contribution >= 0.6 is 12.4 Å². The van der Waals surface area contributed by atoms with Crippen molar-refractivity contribution in [1.82, 2.24) is 20.9 Å². The van der Waals surface area contributed by atoms with Crippen LogP contribution in [0.3, 0.4) is 0 Å². The fourth-order valence-electron chi connectivity index (χ4n) is 2.76. The summed E-state index contributed by atoms with van der Waals surface area (Å²) in [6.45, 7) is 12.1. The molecule has 0 spiro atoms. The summed E-state index contributed by atoms with van der Waals surface area (Å²) in [5, 5.41) is 9.23. The highest BCUT2D eigenvalue weighted by Crippen LogP contribution is 2.13. The monoisotopic (exact) mass is 396 g/mol. The van der Waals surface area contributed by atoms with Crippen LogP contribution in [-0.4, -0.2) is 56.0 Å². The molecule has 0 radical (unpaired) electrons. The quantitative estimate of drug-likeness (QED) is 0.614. The molecule has 0 aromatic heterocycles. The van der Waals surface area contributed by atoms with E-state index in [1.54, 1.807) is 0 Å². The zero-order valence-electron chi connectivity index (χ0n) is 16.6. The molecule has 7 heteroatoms. The molecule has 2 rings (SSSR count). The predicted molar refractivity (Wildman–Crippen MR) is 111 cm³/mol. The molecule has 2 amide bonds. The number of hydrogen-bond donors (Lipinski definition) is 3. The third-order valence-corrected chi connectivity index (χ3v) is 4.50. The normalized spacial score (nSPS) is 14.9. The number of nitrogens with one attached hydrogen (secondary N) is 3. The molecule has 0 aliphatic carbocycles. The third kappa shape index (κ3) is 8.28. The van der Waals surface area contributed by atoms with Gasteiger partial charge < -0.3 is 20.9 Å². The highest BCUT2D eigenvalue weighted by atomic mass is 35.5. The topological polar surface area (TPSA) is 73.5 Å². The molecule has 1 aromatic carbocycles. The second-order valence-electron chi connectivity index (χ2n) is 7.83. The molecular weight excluding hydrogens is 364 g/mol. The first-order valence-corrected chi connectivity index (χ1v) is 9.45. The molecule has 1 heterocycles. The number of benzene rings is 1. The molecule has 0 unspecified atom stereocenters. The minimum Gasteiger partial charge on any atom is -0.352 e. The zero-order chi connectivity index (χ0) is 19.0. The summed E-state index contributed by atoms with van der Waals surface area (Å²) in [6.07, 6.45) is 0.961. The summed E-state index contributed by atoms with van der Waals surface area (Å²) in [6, 6.07) is 7.39. The SMILES string of the molecule is CC(C)(C)C(=O)NCc1ccc(C(=O)NCCCN2CCNCC2)cc1.Cl. The Morgan fingerprint density at radius 3 is 2.30 bits per heavy atom. The van der Waals surface area contributed by atoms with Gasteiger partial charge in [0.15, 0.2) is 0 Å². The molecule has 1 aliphatic heterocycles. The Morgan fingerprint density at radius 1 is 1.07 bits per heavy atom. The van der Waals surface area contributed by atoms with Crippen LogP contribution in [0, 0.1) is 5.41 Å². The van der Waals surface area contributed by atoms with E-state index < -0.39 is 5.41 Å². The molecule has 6 nitrogen and oxygen atoms in total. The number of piperazine rings is 1. The van der Waals surface area contributed by atoms with Crippen molar-refractivity contribution in [2.75, 3.05) is 39.3 Å². The number of hydrogen-bond acceptors (Lipinski definition) is 4. The van der Waals surface area contributed by atoms with Gasteiger partial charge in [-0.2, -0.15) is 0 Å². The number of carbonyl (C=O) groups is 2. The molecule has 1 aromatic rings. The molecule has 1 saturated heterocycles. The van der Waals surface area contributed by atoms with Gasteiger partial charge in [-0.3, -0.25) is 9.59 Å². The van der Waals surface area contributed by atoms with Crippen LogP contribution < -0.4 is 16.0 Å². The van der Waals surface area contributed by atoms with E-state index in [2.05, 4.69) is 20.9 Å². The Labute approximate surface area is 168 Å². The Bertz CT molecular complexity index is 593. The van der Waals surface area contributed by atoms with Crippen LogP contribution in [0.2, 0.25) is 0 Å². The van der Waals surface area contributed by atoms with Crippen molar-refractivity contribution >= 4 is 24.2 Å². The lowest BCUT2D eigenvalue weighted by molar-refractivity contribution is -0.128. The standard InChI is InChI=1S/C20H32N4O2.ClH/c1-20(2,3)19(26)23-15-16-5-7-17(8-6-16)18(25)22-9-4-12-24-13-10-21-11-14-24;/h5-8,21H,4,9-15H2,1-3H3,(H,22,25)(H,23,26);1H. The number of rotatable bonds is 7. The van der Waals surface area contributed by atoms with Gasteiger partial charge in [-0.25, -0.2) is 0 Å². The van der Waals surface area contributed by atoms with E-state index in [1.165, 1.54) is 0 Å². The van der Waals surface area contributed by atoms with Crippen molar-refractivity contribution in [2.45, 2.75) is 33.7 Å². The van der Waals surface area contributed by atoms with Gasteiger partial charge in [-0.05, 0) is 30.7 Å². The molecule has 0 saturated carbocycles. The number of amides is 2. The fourth-order valence-corrected chi connectivity index (χ4v) is 2.76. The van der Waals surface area contributed by atoms with Crippen LogP contribution in [-0.2, 0) is 11.3 Å². The lowest BCUT2D eigenvalue weighted by Gasteiger charge is -2.27. The lowest BCUT2D eigenvalue weighted by atomic mass is 9.95. The van der Waals surface area contributed by atoms with Crippen LogP contribution in [0.5, 0.6) is 0 Å². The number of nitrogens with zero attached hydrogens (tertiary/aromatic N) is 1. The van der Waals surface area contributed by atoms with E-state index in [9.17, 15) is 9.59 Å². The van der Waals surface area contributed by atoms with Gasteiger partial charge in [0.2, 0.25) is 5.91 Å². The molecule has 0 atom stereocenters. The van der Waals surface area contributed by atoms with E-state index in [-0.39, 0.29) is 24.2 Å². The van der Waals surface area contributed by atoms with E-state index in [0.717, 1.165) is 44.7 Å². The average Bonchev–Trinajstić information content (AvgIpc) is 2.63. The second kappa shape index (κ2) is 11.3. The highest BCUT2D eigenvalue weighted by Gasteiger charge is 2.20. The summed E-state index contributed by atoms with van der Waals surface area (Å²) in [5.74, 6) is -0.0283. The molecule has 1 aliphatic rings. The molecular formula is C20H33ClN4O2. The first kappa shape index (κ1) is 23.4. The van der Waals surface area contributed by atoms with Gasteiger partial charge in [0.1, 0.15) is 0 Å². The molecule has 1 fully saturated rings. The van der Waals surface area contributed by atoms with E-state index in [0.29, 0.717) is 18.7 Å². The maximum Gasteiger partial charge on any atom is 0.251 e. The van der Waals surface area contributed by atoms with Crippen molar-refractivity contribution in [3.05, 3.63) is 35.4 Å². The van der Waals surface area contributed by atoms with Gasteiger partial charge in [0, 0.05) is 50.2 Å². The van der Waals surface area contributed by atoms with Gasteiger partial charge in [0.05, 0.1) is 0 Å². The van der Waals surface area contributed by atoms with Crippen molar-refractivity contribution < 1.29 is 9.59 Å². The van der Waals surface area contributed by atoms with Crippen molar-refractivity contribution in [3.8, 4) is 0 Å². The Balaban J connectivity index is 0.00000364. The predicted octanol–water partition coefficient (Wildman–Crippen LogP) is 1.80. The largest absolute Gasteiger partial charge is 0.352 e. The second-order valence-corrected chi connectivity index (χ2v) is 7.83. The summed E-state index contributed by atoms with van der Waals surface area (Å²) in [5.41, 5.74) is 1.24. The Kier molecular flexibility index (Phi) is 9.77. The van der Waals surface area contributed by atoms with Gasteiger partial charge in [0.25, 0.3) is 5.91 Å². The lowest BCUT2D eigenvalue weighted by Crippen LogP contribution is -2.44. The van der Waals surface area contributed by atoms with Gasteiger partial charge in [-0.1, -0.05) is 32.9 Å². The van der Waals surface area contributed by atoms with Gasteiger partial charge in [-0.15, -0.1) is 12.4 Å². The highest BCUT2D eigenvalue weighted by molar-refractivity contribution is 5.94. The molecule has 27 heavy (non-hydrogen) atoms. The van der Waals surface area contributed by atoms with Crippen LogP contribution in [0.15, 0.2) is 24.3 Å². The van der Waals surface area contributed by atoms with E-state index in [4.69, 9.17) is 0 Å². The van der Waals surface area contributed by atoms with Crippen LogP contribution in [0.25, 0.3) is 0 Å². The maximum absolute atomic E-state index is 12.2. The molecule has 152 valence electrons. The molecule has 3 N–H and O–H groups in total.